The van der Waals surface area contributed by atoms with Crippen molar-refractivity contribution in [3.63, 3.8) is 0 Å². The summed E-state index contributed by atoms with van der Waals surface area (Å²) in [6, 6.07) is 52.6. The van der Waals surface area contributed by atoms with Crippen molar-refractivity contribution in [2.45, 2.75) is 54.8 Å². The number of carboxylic acids is 1. The van der Waals surface area contributed by atoms with E-state index in [0.717, 1.165) is 53.5 Å². The number of carbonyl (C=O) groups excluding carboxylic acids is 8. The summed E-state index contributed by atoms with van der Waals surface area (Å²) in [5, 5.41) is 21.4. The van der Waals surface area contributed by atoms with Gasteiger partial charge in [-0.2, -0.15) is 0 Å². The summed E-state index contributed by atoms with van der Waals surface area (Å²) < 4.78 is 37.6. The van der Waals surface area contributed by atoms with Gasteiger partial charge < -0.3 is 80.0 Å². The second-order valence-corrected chi connectivity index (χ2v) is 27.3. The molecule has 0 aromatic heterocycles. The summed E-state index contributed by atoms with van der Waals surface area (Å²) in [6.07, 6.45) is 4.35. The summed E-state index contributed by atoms with van der Waals surface area (Å²) in [4.78, 5) is 118. The fraction of sp³-hybridized carbons (Fsp3) is 0.250. The molecule has 0 saturated heterocycles. The van der Waals surface area contributed by atoms with Crippen LogP contribution in [0.1, 0.15) is 117 Å². The Labute approximate surface area is 629 Å². The third-order valence-corrected chi connectivity index (χ3v) is 19.8. The first-order chi connectivity index (χ1) is 52.4. The second-order valence-electron chi connectivity index (χ2n) is 27.3. The van der Waals surface area contributed by atoms with Crippen molar-refractivity contribution in [2.75, 3.05) is 99.8 Å². The van der Waals surface area contributed by atoms with Crippen LogP contribution < -0.4 is 55.4 Å². The molecule has 3 saturated carbocycles. The quantitative estimate of drug-likeness (QED) is 0.0435. The molecule has 0 atom stereocenters. The molecular formula is C84H82N8O17. The van der Waals surface area contributed by atoms with Crippen LogP contribution in [-0.4, -0.2) is 157 Å². The number of methoxy groups -OCH3 is 1. The number of anilines is 3. The van der Waals surface area contributed by atoms with Gasteiger partial charge in [-0.15, -0.1) is 0 Å². The Morgan fingerprint density at radius 3 is 0.945 bits per heavy atom. The number of hydrogen-bond donors (Lipinski definition) is 6. The van der Waals surface area contributed by atoms with Crippen LogP contribution in [-0.2, 0) is 35.4 Å². The normalized spacial score (nSPS) is 14.5. The molecule has 560 valence electrons. The number of nitrogens with zero attached hydrogens (tertiary/aromatic N) is 3. The van der Waals surface area contributed by atoms with Gasteiger partial charge in [-0.1, -0.05) is 54.6 Å². The predicted octanol–water partition coefficient (Wildman–Crippen LogP) is 11.8. The van der Waals surface area contributed by atoms with Crippen molar-refractivity contribution < 1.29 is 81.4 Å². The zero-order chi connectivity index (χ0) is 77.6. The summed E-state index contributed by atoms with van der Waals surface area (Å²) in [5.41, 5.74) is 13.2. The Morgan fingerprint density at radius 2 is 0.661 bits per heavy atom. The molecule has 15 rings (SSSR count). The molecule has 7 amide bonds. The number of ether oxygens (including phenoxy) is 7. The Hall–Kier alpha value is -13.0. The van der Waals surface area contributed by atoms with Gasteiger partial charge in [-0.3, -0.25) is 33.6 Å². The molecule has 3 aliphatic carbocycles. The molecule has 0 unspecified atom stereocenters. The van der Waals surface area contributed by atoms with E-state index in [1.165, 1.54) is 34.9 Å². The van der Waals surface area contributed by atoms with Gasteiger partial charge >= 0.3 is 11.9 Å². The molecule has 6 aliphatic rings. The minimum Gasteiger partial charge on any atom is -0.478 e. The molecular weight excluding hydrogens is 1390 g/mol. The number of fused-ring (bicyclic) bond motifs is 3. The van der Waals surface area contributed by atoms with E-state index in [-0.39, 0.29) is 67.3 Å². The van der Waals surface area contributed by atoms with Crippen LogP contribution in [0.5, 0.6) is 34.5 Å². The third kappa shape index (κ3) is 15.8. The van der Waals surface area contributed by atoms with E-state index < -0.39 is 28.2 Å². The summed E-state index contributed by atoms with van der Waals surface area (Å²) in [7, 11) is 14.5. The van der Waals surface area contributed by atoms with Crippen LogP contribution in [0.25, 0.3) is 33.4 Å². The molecule has 25 nitrogen and oxygen atoms in total. The van der Waals surface area contributed by atoms with Crippen LogP contribution in [0.2, 0.25) is 0 Å². The molecule has 3 fully saturated rings. The van der Waals surface area contributed by atoms with E-state index in [2.05, 4.69) is 27.0 Å². The maximum atomic E-state index is 13.4. The molecule has 3 aliphatic heterocycles. The van der Waals surface area contributed by atoms with E-state index >= 15 is 0 Å². The summed E-state index contributed by atoms with van der Waals surface area (Å²) in [6.45, 7) is 0.529. The number of carboxylic acid groups (broad SMARTS) is 1. The smallest absolute Gasteiger partial charge is 0.338 e. The van der Waals surface area contributed by atoms with Gasteiger partial charge in [-0.05, 0) is 223 Å². The van der Waals surface area contributed by atoms with Gasteiger partial charge in [0.1, 0.15) is 0 Å². The lowest BCUT2D eigenvalue weighted by Crippen LogP contribution is -2.28. The zero-order valence-electron chi connectivity index (χ0n) is 61.6. The Balaban J connectivity index is 0.000000151. The van der Waals surface area contributed by atoms with Crippen molar-refractivity contribution in [3.05, 3.63) is 232 Å². The molecule has 109 heavy (non-hydrogen) atoms. The first-order valence-electron chi connectivity index (χ1n) is 35.1. The number of nitrogens with two attached hydrogens (primary N) is 1. The first-order valence-corrected chi connectivity index (χ1v) is 35.1. The van der Waals surface area contributed by atoms with Crippen molar-refractivity contribution in [3.8, 4) is 67.9 Å². The fourth-order valence-electron chi connectivity index (χ4n) is 13.2. The Bertz CT molecular complexity index is 4850. The standard InChI is InChI=1S/C28H27N3O5.C28H26N2O6.C27H24N2O6.CH5N/c1-29-25(32)21-10-9-20(15-22(21)17-4-6-18(7-5-17)26(33)31(2)3)30-27(34)28(12-13-28)19-8-11-23-24(14-19)36-16-35-23;1-30(2)25(31)18-6-4-17(5-7-18)22-15-20(9-10-21(22)26(32)34-3)29-27(33)28(12-13-28)19-8-11-23-24(14-19)36-16-35-23;1-29(2)24(30)17-5-3-16(4-6-17)21-14-19(8-9-20(21)25(31)32)28-26(33)27(11-12-27)18-7-10-22-23(13-18)35-15-34-22;1-2/h4-11,14-15H,12-13,16H2,1-3H3,(H,29,32)(H,30,34);4-11,14-15H,12-13,16H2,1-3H3,(H,29,33);3-10,13-14H,11-12,15H2,1-2H3,(H,28,33)(H,31,32);2H2,1H3. The van der Waals surface area contributed by atoms with Gasteiger partial charge in [0.2, 0.25) is 38.1 Å². The number of benzene rings is 9. The summed E-state index contributed by atoms with van der Waals surface area (Å²) >= 11 is 0. The van der Waals surface area contributed by atoms with Crippen LogP contribution in [0.3, 0.4) is 0 Å². The molecule has 9 aromatic rings. The molecule has 9 aromatic carbocycles. The lowest BCUT2D eigenvalue weighted by Gasteiger charge is -2.18. The predicted molar refractivity (Wildman–Crippen MR) is 408 cm³/mol. The van der Waals surface area contributed by atoms with Crippen molar-refractivity contribution in [1.82, 2.24) is 20.0 Å². The summed E-state index contributed by atoms with van der Waals surface area (Å²) in [5.74, 6) is 1.40. The van der Waals surface area contributed by atoms with Crippen LogP contribution in [0.4, 0.5) is 17.1 Å². The van der Waals surface area contributed by atoms with Crippen molar-refractivity contribution in [2.24, 2.45) is 5.73 Å². The molecule has 7 N–H and O–H groups in total. The van der Waals surface area contributed by atoms with Gasteiger partial charge in [0, 0.05) is 88.6 Å². The molecule has 0 bridgehead atoms. The number of hydrogen-bond acceptors (Lipinski definition) is 17. The first kappa shape index (κ1) is 75.6. The van der Waals surface area contributed by atoms with Crippen LogP contribution in [0, 0.1) is 0 Å². The van der Waals surface area contributed by atoms with Crippen LogP contribution >= 0.6 is 0 Å². The van der Waals surface area contributed by atoms with Crippen molar-refractivity contribution >= 4 is 70.4 Å². The van der Waals surface area contributed by atoms with E-state index in [1.54, 1.807) is 171 Å². The molecule has 25 heteroatoms. The molecule has 3 heterocycles. The van der Waals surface area contributed by atoms with Gasteiger partial charge in [0.15, 0.2) is 34.5 Å². The second kappa shape index (κ2) is 31.6. The minimum atomic E-state index is -1.08. The van der Waals surface area contributed by atoms with E-state index in [1.807, 2.05) is 54.6 Å². The van der Waals surface area contributed by atoms with Gasteiger partial charge in [0.25, 0.3) is 23.6 Å². The van der Waals surface area contributed by atoms with Crippen molar-refractivity contribution in [1.29, 1.82) is 0 Å². The zero-order valence-corrected chi connectivity index (χ0v) is 61.6. The van der Waals surface area contributed by atoms with Gasteiger partial charge in [0.05, 0.1) is 34.5 Å². The number of carbonyl (C=O) groups is 9. The molecule has 0 spiro atoms. The Kier molecular flexibility index (Phi) is 21.9. The SMILES string of the molecule is CN.CN(C)C(=O)c1ccc(-c2cc(NC(=O)C3(c4ccc5c(c4)OCO5)CC3)ccc2C(=O)O)cc1.CNC(=O)c1ccc(NC(=O)C2(c3ccc4c(c3)OCO4)CC2)cc1-c1ccc(C(=O)N(C)C)cc1.COC(=O)c1ccc(NC(=O)C2(c3ccc4c(c3)OCO4)CC2)cc1-c1ccc(C(=O)N(C)C)cc1. The maximum Gasteiger partial charge on any atom is 0.338 e. The monoisotopic (exact) mass is 1470 g/mol. The third-order valence-electron chi connectivity index (χ3n) is 19.8. The number of aromatic carboxylic acids is 1. The molecule has 0 radical (unpaired) electrons. The lowest BCUT2D eigenvalue weighted by atomic mass is 9.93. The average molecular weight is 1480 g/mol. The highest BCUT2D eigenvalue weighted by atomic mass is 16.7. The van der Waals surface area contributed by atoms with Crippen LogP contribution in [0.15, 0.2) is 182 Å². The highest BCUT2D eigenvalue weighted by Crippen LogP contribution is 2.54. The minimum absolute atomic E-state index is 0.103. The lowest BCUT2D eigenvalue weighted by molar-refractivity contribution is -0.119. The fourth-order valence-corrected chi connectivity index (χ4v) is 13.2. The van der Waals surface area contributed by atoms with E-state index in [9.17, 15) is 48.3 Å². The topological polar surface area (TPSA) is 322 Å². The average Bonchev–Trinajstić information content (AvgIpc) is 1.59. The number of esters is 1. The van der Waals surface area contributed by atoms with E-state index in [0.29, 0.717) is 114 Å². The largest absolute Gasteiger partial charge is 0.478 e. The number of amides is 7. The Morgan fingerprint density at radius 1 is 0.376 bits per heavy atom. The highest BCUT2D eigenvalue weighted by Gasteiger charge is 2.54. The number of nitrogens with one attached hydrogen (secondary N) is 4. The highest BCUT2D eigenvalue weighted by molar-refractivity contribution is 6.08. The van der Waals surface area contributed by atoms with Gasteiger partial charge in [-0.25, -0.2) is 9.59 Å². The van der Waals surface area contributed by atoms with E-state index in [4.69, 9.17) is 33.2 Å². The maximum absolute atomic E-state index is 13.4. The number of rotatable bonds is 18.